The molecule has 0 amide bonds. The van der Waals surface area contributed by atoms with Crippen molar-refractivity contribution in [2.75, 3.05) is 13.7 Å². The van der Waals surface area contributed by atoms with E-state index in [1.807, 2.05) is 11.7 Å². The predicted octanol–water partition coefficient (Wildman–Crippen LogP) is 3.08. The molecule has 0 aliphatic heterocycles. The molecule has 0 spiro atoms. The van der Waals surface area contributed by atoms with Gasteiger partial charge in [0, 0.05) is 26.6 Å². The minimum Gasteiger partial charge on any atom is -0.380 e. The molecule has 0 aliphatic carbocycles. The summed E-state index contributed by atoms with van der Waals surface area (Å²) in [5.41, 5.74) is 2.37. The molecule has 1 rings (SSSR count). The van der Waals surface area contributed by atoms with Gasteiger partial charge in [0.15, 0.2) is 0 Å². The van der Waals surface area contributed by atoms with Gasteiger partial charge in [-0.3, -0.25) is 4.68 Å². The molecule has 1 N–H and O–H groups in total. The second-order valence-corrected chi connectivity index (χ2v) is 5.92. The van der Waals surface area contributed by atoms with Crippen LogP contribution in [0.25, 0.3) is 0 Å². The molecule has 1 aromatic rings. The zero-order valence-electron chi connectivity index (χ0n) is 13.4. The molecule has 0 radical (unpaired) electrons. The number of aryl methyl sites for hydroxylation is 2. The standard InChI is InChI=1S/C15H28BrN3O/c1-6-9-17-12(14(8-3)20-5)10-13-15(16)11(7-2)18-19(13)4/h12,14,17H,6-10H2,1-5H3. The average molecular weight is 346 g/mol. The zero-order chi connectivity index (χ0) is 15.1. The summed E-state index contributed by atoms with van der Waals surface area (Å²) in [4.78, 5) is 0. The Morgan fingerprint density at radius 3 is 2.50 bits per heavy atom. The Morgan fingerprint density at radius 1 is 1.35 bits per heavy atom. The van der Waals surface area contributed by atoms with E-state index >= 15 is 0 Å². The Balaban J connectivity index is 2.91. The Bertz CT molecular complexity index is 402. The lowest BCUT2D eigenvalue weighted by Gasteiger charge is -2.26. The SMILES string of the molecule is CCCNC(Cc1c(Br)c(CC)nn1C)C(CC)OC. The van der Waals surface area contributed by atoms with Gasteiger partial charge >= 0.3 is 0 Å². The summed E-state index contributed by atoms with van der Waals surface area (Å²) in [6.45, 7) is 7.51. The molecule has 0 fully saturated rings. The van der Waals surface area contributed by atoms with Crippen LogP contribution >= 0.6 is 15.9 Å². The van der Waals surface area contributed by atoms with Crippen molar-refractivity contribution in [2.24, 2.45) is 7.05 Å². The number of aromatic nitrogens is 2. The molecule has 116 valence electrons. The van der Waals surface area contributed by atoms with E-state index < -0.39 is 0 Å². The van der Waals surface area contributed by atoms with Crippen LogP contribution in [-0.2, 0) is 24.6 Å². The third-order valence-electron chi connectivity index (χ3n) is 3.73. The van der Waals surface area contributed by atoms with Gasteiger partial charge in [0.05, 0.1) is 22.0 Å². The summed E-state index contributed by atoms with van der Waals surface area (Å²) in [5.74, 6) is 0. The lowest BCUT2D eigenvalue weighted by Crippen LogP contribution is -2.43. The molecule has 20 heavy (non-hydrogen) atoms. The highest BCUT2D eigenvalue weighted by Crippen LogP contribution is 2.24. The molecule has 0 aromatic carbocycles. The maximum atomic E-state index is 5.64. The van der Waals surface area contributed by atoms with Crippen LogP contribution < -0.4 is 5.32 Å². The van der Waals surface area contributed by atoms with E-state index in [-0.39, 0.29) is 6.10 Å². The van der Waals surface area contributed by atoms with E-state index in [4.69, 9.17) is 4.74 Å². The van der Waals surface area contributed by atoms with Gasteiger partial charge in [-0.05, 0) is 41.7 Å². The second-order valence-electron chi connectivity index (χ2n) is 5.13. The summed E-state index contributed by atoms with van der Waals surface area (Å²) in [6, 6.07) is 0.321. The number of nitrogens with zero attached hydrogens (tertiary/aromatic N) is 2. The predicted molar refractivity (Wildman–Crippen MR) is 87.2 cm³/mol. The first-order chi connectivity index (χ1) is 9.58. The van der Waals surface area contributed by atoms with Gasteiger partial charge in [-0.2, -0.15) is 5.10 Å². The third kappa shape index (κ3) is 4.30. The van der Waals surface area contributed by atoms with Gasteiger partial charge < -0.3 is 10.1 Å². The number of hydrogen-bond donors (Lipinski definition) is 1. The molecule has 0 aliphatic rings. The van der Waals surface area contributed by atoms with Crippen molar-refractivity contribution >= 4 is 15.9 Å². The summed E-state index contributed by atoms with van der Waals surface area (Å²) >= 11 is 3.70. The maximum Gasteiger partial charge on any atom is 0.0766 e. The molecule has 1 aromatic heterocycles. The summed E-state index contributed by atoms with van der Waals surface area (Å²) in [5, 5.41) is 8.19. The second kappa shape index (κ2) is 8.80. The summed E-state index contributed by atoms with van der Waals surface area (Å²) < 4.78 is 8.78. The van der Waals surface area contributed by atoms with Crippen molar-refractivity contribution in [3.63, 3.8) is 0 Å². The highest BCUT2D eigenvalue weighted by molar-refractivity contribution is 9.10. The van der Waals surface area contributed by atoms with E-state index in [1.165, 1.54) is 5.69 Å². The largest absolute Gasteiger partial charge is 0.380 e. The highest BCUT2D eigenvalue weighted by atomic mass is 79.9. The fourth-order valence-corrected chi connectivity index (χ4v) is 3.31. The minimum atomic E-state index is 0.230. The summed E-state index contributed by atoms with van der Waals surface area (Å²) in [7, 11) is 3.81. The van der Waals surface area contributed by atoms with Gasteiger partial charge in [0.2, 0.25) is 0 Å². The van der Waals surface area contributed by atoms with Crippen LogP contribution in [0.2, 0.25) is 0 Å². The average Bonchev–Trinajstić information content (AvgIpc) is 2.72. The van der Waals surface area contributed by atoms with Crippen molar-refractivity contribution in [1.29, 1.82) is 0 Å². The monoisotopic (exact) mass is 345 g/mol. The lowest BCUT2D eigenvalue weighted by molar-refractivity contribution is 0.0647. The number of ether oxygens (including phenoxy) is 1. The molecule has 2 unspecified atom stereocenters. The number of halogens is 1. The molecule has 4 nitrogen and oxygen atoms in total. The maximum absolute atomic E-state index is 5.64. The first-order valence-electron chi connectivity index (χ1n) is 7.55. The Hall–Kier alpha value is -0.390. The zero-order valence-corrected chi connectivity index (χ0v) is 15.0. The topological polar surface area (TPSA) is 39.1 Å². The lowest BCUT2D eigenvalue weighted by atomic mass is 10.0. The van der Waals surface area contributed by atoms with Gasteiger partial charge in [0.1, 0.15) is 0 Å². The van der Waals surface area contributed by atoms with Crippen molar-refractivity contribution in [3.05, 3.63) is 15.9 Å². The van der Waals surface area contributed by atoms with Gasteiger partial charge in [-0.1, -0.05) is 20.8 Å². The van der Waals surface area contributed by atoms with E-state index in [9.17, 15) is 0 Å². The number of hydrogen-bond acceptors (Lipinski definition) is 3. The normalized spacial score (nSPS) is 14.5. The molecule has 1 heterocycles. The number of methoxy groups -OCH3 is 1. The highest BCUT2D eigenvalue weighted by Gasteiger charge is 2.23. The Labute approximate surface area is 131 Å². The Kier molecular flexibility index (Phi) is 7.77. The smallest absolute Gasteiger partial charge is 0.0766 e. The third-order valence-corrected chi connectivity index (χ3v) is 4.64. The molecule has 5 heteroatoms. The first-order valence-corrected chi connectivity index (χ1v) is 8.34. The van der Waals surface area contributed by atoms with Crippen LogP contribution in [0.3, 0.4) is 0 Å². The van der Waals surface area contributed by atoms with Crippen LogP contribution in [0.1, 0.15) is 45.0 Å². The van der Waals surface area contributed by atoms with Crippen LogP contribution in [-0.4, -0.2) is 35.6 Å². The van der Waals surface area contributed by atoms with Gasteiger partial charge in [0.25, 0.3) is 0 Å². The van der Waals surface area contributed by atoms with Gasteiger partial charge in [-0.15, -0.1) is 0 Å². The fourth-order valence-electron chi connectivity index (χ4n) is 2.53. The van der Waals surface area contributed by atoms with Crippen LogP contribution in [0, 0.1) is 0 Å². The van der Waals surface area contributed by atoms with Crippen molar-refractivity contribution in [1.82, 2.24) is 15.1 Å². The van der Waals surface area contributed by atoms with Crippen molar-refractivity contribution in [2.45, 2.75) is 58.6 Å². The first kappa shape index (κ1) is 17.7. The van der Waals surface area contributed by atoms with E-state index in [2.05, 4.69) is 47.1 Å². The van der Waals surface area contributed by atoms with Crippen LogP contribution in [0.4, 0.5) is 0 Å². The number of rotatable bonds is 9. The van der Waals surface area contributed by atoms with Crippen molar-refractivity contribution in [3.8, 4) is 0 Å². The fraction of sp³-hybridized carbons (Fsp3) is 0.800. The molecular weight excluding hydrogens is 318 g/mol. The Morgan fingerprint density at radius 2 is 2.05 bits per heavy atom. The van der Waals surface area contributed by atoms with Crippen molar-refractivity contribution < 1.29 is 4.74 Å². The number of nitrogens with one attached hydrogen (secondary N) is 1. The van der Waals surface area contributed by atoms with E-state index in [0.717, 1.165) is 42.4 Å². The molecule has 2 atom stereocenters. The minimum absolute atomic E-state index is 0.230. The van der Waals surface area contributed by atoms with E-state index in [1.54, 1.807) is 7.11 Å². The molecule has 0 bridgehead atoms. The molecule has 0 saturated carbocycles. The molecular formula is C15H28BrN3O. The van der Waals surface area contributed by atoms with Gasteiger partial charge in [-0.25, -0.2) is 0 Å². The van der Waals surface area contributed by atoms with Crippen LogP contribution in [0.15, 0.2) is 4.47 Å². The van der Waals surface area contributed by atoms with E-state index in [0.29, 0.717) is 6.04 Å². The summed E-state index contributed by atoms with van der Waals surface area (Å²) in [6.07, 6.45) is 4.24. The van der Waals surface area contributed by atoms with Crippen LogP contribution in [0.5, 0.6) is 0 Å². The molecule has 0 saturated heterocycles. The quantitative estimate of drug-likeness (QED) is 0.747.